The van der Waals surface area contributed by atoms with Crippen molar-refractivity contribution in [2.75, 3.05) is 51.1 Å². The van der Waals surface area contributed by atoms with Crippen LogP contribution in [0, 0.1) is 5.41 Å². The molecule has 4 aromatic rings. The standard InChI is InChI=1S/C28H29N7O5/c1-28(15-39-16-28)27(37)34-11-12-40-21(14-34)23-20-8-10-31-25(29)24(20)35(33-23)18-5-3-17(4-6-18)26(36)32-22-13-19(38-2)7-9-30-22/h3-10,13,21H,11-12,14-16H2,1-2H3,(H2,29,31)(H,30,32,36)/t21-/m1/s1. The Bertz CT molecular complexity index is 1580. The zero-order valence-corrected chi connectivity index (χ0v) is 22.2. The van der Waals surface area contributed by atoms with Crippen LogP contribution in [0.5, 0.6) is 5.75 Å². The summed E-state index contributed by atoms with van der Waals surface area (Å²) in [7, 11) is 1.55. The summed E-state index contributed by atoms with van der Waals surface area (Å²) in [6.45, 7) is 4.07. The van der Waals surface area contributed by atoms with Gasteiger partial charge in [-0.25, -0.2) is 14.6 Å². The molecule has 2 aliphatic rings. The number of hydrogen-bond donors (Lipinski definition) is 2. The van der Waals surface area contributed by atoms with E-state index in [1.807, 2.05) is 17.9 Å². The van der Waals surface area contributed by atoms with Crippen molar-refractivity contribution in [1.82, 2.24) is 24.6 Å². The van der Waals surface area contributed by atoms with Crippen molar-refractivity contribution in [1.29, 1.82) is 0 Å². The first-order valence-corrected chi connectivity index (χ1v) is 12.9. The van der Waals surface area contributed by atoms with Gasteiger partial charge < -0.3 is 30.2 Å². The van der Waals surface area contributed by atoms with Crippen LogP contribution in [0.15, 0.2) is 54.9 Å². The lowest BCUT2D eigenvalue weighted by Gasteiger charge is -2.42. The van der Waals surface area contributed by atoms with E-state index in [1.54, 1.807) is 60.6 Å². The maximum absolute atomic E-state index is 13.1. The van der Waals surface area contributed by atoms with Gasteiger partial charge in [-0.15, -0.1) is 0 Å². The van der Waals surface area contributed by atoms with E-state index in [0.29, 0.717) is 72.8 Å². The lowest BCUT2D eigenvalue weighted by Crippen LogP contribution is -2.56. The molecular formula is C28H29N7O5. The average Bonchev–Trinajstić information content (AvgIpc) is 3.37. The average molecular weight is 544 g/mol. The van der Waals surface area contributed by atoms with E-state index in [0.717, 1.165) is 5.39 Å². The molecule has 2 amide bonds. The number of nitrogens with zero attached hydrogens (tertiary/aromatic N) is 5. The molecule has 206 valence electrons. The lowest BCUT2D eigenvalue weighted by atomic mass is 9.86. The molecule has 0 radical (unpaired) electrons. The first-order valence-electron chi connectivity index (χ1n) is 12.9. The van der Waals surface area contributed by atoms with Crippen molar-refractivity contribution in [3.63, 3.8) is 0 Å². The Morgan fingerprint density at radius 2 is 1.90 bits per heavy atom. The molecule has 2 fully saturated rings. The quantitative estimate of drug-likeness (QED) is 0.375. The van der Waals surface area contributed by atoms with Crippen LogP contribution in [0.3, 0.4) is 0 Å². The van der Waals surface area contributed by atoms with Crippen LogP contribution >= 0.6 is 0 Å². The first kappa shape index (κ1) is 25.7. The summed E-state index contributed by atoms with van der Waals surface area (Å²) in [4.78, 5) is 36.2. The van der Waals surface area contributed by atoms with Crippen molar-refractivity contribution in [2.45, 2.75) is 13.0 Å². The van der Waals surface area contributed by atoms with E-state index in [9.17, 15) is 9.59 Å². The Hall–Kier alpha value is -4.55. The molecule has 0 aliphatic carbocycles. The number of rotatable bonds is 6. The van der Waals surface area contributed by atoms with Gasteiger partial charge >= 0.3 is 0 Å². The second kappa shape index (κ2) is 10.2. The molecule has 40 heavy (non-hydrogen) atoms. The second-order valence-electron chi connectivity index (χ2n) is 10.1. The van der Waals surface area contributed by atoms with Crippen molar-refractivity contribution in [3.05, 3.63) is 66.1 Å². The molecule has 5 heterocycles. The Labute approximate surface area is 230 Å². The number of nitrogens with one attached hydrogen (secondary N) is 1. The molecule has 2 aliphatic heterocycles. The minimum Gasteiger partial charge on any atom is -0.497 e. The van der Waals surface area contributed by atoms with Crippen molar-refractivity contribution in [2.24, 2.45) is 5.41 Å². The monoisotopic (exact) mass is 543 g/mol. The minimum atomic E-state index is -0.492. The highest BCUT2D eigenvalue weighted by atomic mass is 16.5. The number of ether oxygens (including phenoxy) is 3. The summed E-state index contributed by atoms with van der Waals surface area (Å²) >= 11 is 0. The number of nitrogens with two attached hydrogens (primary N) is 1. The van der Waals surface area contributed by atoms with Crippen LogP contribution < -0.4 is 15.8 Å². The van der Waals surface area contributed by atoms with Gasteiger partial charge in [-0.1, -0.05) is 0 Å². The molecule has 1 atom stereocenters. The molecule has 0 saturated carbocycles. The maximum atomic E-state index is 13.1. The molecule has 0 spiro atoms. The number of morpholine rings is 1. The number of anilines is 2. The smallest absolute Gasteiger partial charge is 0.256 e. The number of carbonyl (C=O) groups is 2. The fourth-order valence-electron chi connectivity index (χ4n) is 5.00. The molecule has 3 aromatic heterocycles. The number of benzene rings is 1. The summed E-state index contributed by atoms with van der Waals surface area (Å²) in [5.41, 5.74) is 8.24. The predicted octanol–water partition coefficient (Wildman–Crippen LogP) is 2.59. The number of methoxy groups -OCH3 is 1. The van der Waals surface area contributed by atoms with E-state index >= 15 is 0 Å². The number of aromatic nitrogens is 4. The van der Waals surface area contributed by atoms with E-state index in [-0.39, 0.29) is 11.8 Å². The molecule has 6 rings (SSSR count). The SMILES string of the molecule is COc1ccnc(NC(=O)c2ccc(-n3nc([C@H]4CN(C(=O)C5(C)COC5)CCO4)c4ccnc(N)c43)cc2)c1. The van der Waals surface area contributed by atoms with Crippen LogP contribution in [0.4, 0.5) is 11.6 Å². The normalized spacial score (nSPS) is 18.2. The number of nitrogen functional groups attached to an aromatic ring is 1. The fraction of sp³-hybridized carbons (Fsp3) is 0.321. The van der Waals surface area contributed by atoms with Gasteiger partial charge in [0.2, 0.25) is 5.91 Å². The molecule has 12 nitrogen and oxygen atoms in total. The second-order valence-corrected chi connectivity index (χ2v) is 10.1. The molecular weight excluding hydrogens is 514 g/mol. The van der Waals surface area contributed by atoms with Gasteiger partial charge in [-0.05, 0) is 43.3 Å². The number of fused-ring (bicyclic) bond motifs is 1. The third-order valence-electron chi connectivity index (χ3n) is 7.25. The zero-order valence-electron chi connectivity index (χ0n) is 22.2. The van der Waals surface area contributed by atoms with Gasteiger partial charge in [0.05, 0.1) is 44.6 Å². The Kier molecular flexibility index (Phi) is 6.56. The summed E-state index contributed by atoms with van der Waals surface area (Å²) in [5.74, 6) is 1.04. The van der Waals surface area contributed by atoms with Crippen molar-refractivity contribution < 1.29 is 23.8 Å². The van der Waals surface area contributed by atoms with E-state index in [4.69, 9.17) is 25.0 Å². The van der Waals surface area contributed by atoms with Gasteiger partial charge in [-0.3, -0.25) is 9.59 Å². The number of pyridine rings is 2. The number of hydrogen-bond acceptors (Lipinski definition) is 9. The third kappa shape index (κ3) is 4.61. The molecule has 12 heteroatoms. The number of amides is 2. The zero-order chi connectivity index (χ0) is 27.9. The summed E-state index contributed by atoms with van der Waals surface area (Å²) in [6, 6.07) is 12.1. The van der Waals surface area contributed by atoms with Crippen LogP contribution in [0.1, 0.15) is 29.1 Å². The number of carbonyl (C=O) groups excluding carboxylic acids is 2. The summed E-state index contributed by atoms with van der Waals surface area (Å²) in [5, 5.41) is 8.44. The summed E-state index contributed by atoms with van der Waals surface area (Å²) in [6.07, 6.45) is 2.75. The Morgan fingerprint density at radius 1 is 1.12 bits per heavy atom. The molecule has 1 aromatic carbocycles. The molecule has 0 bridgehead atoms. The van der Waals surface area contributed by atoms with Gasteiger partial charge in [-0.2, -0.15) is 5.10 Å². The maximum Gasteiger partial charge on any atom is 0.256 e. The van der Waals surface area contributed by atoms with Gasteiger partial charge in [0.15, 0.2) is 0 Å². The van der Waals surface area contributed by atoms with E-state index in [1.165, 1.54) is 0 Å². The predicted molar refractivity (Wildman–Crippen MR) is 146 cm³/mol. The van der Waals surface area contributed by atoms with Crippen LogP contribution in [0.2, 0.25) is 0 Å². The van der Waals surface area contributed by atoms with Gasteiger partial charge in [0.25, 0.3) is 5.91 Å². The van der Waals surface area contributed by atoms with Crippen LogP contribution in [-0.4, -0.2) is 76.5 Å². The van der Waals surface area contributed by atoms with Crippen molar-refractivity contribution >= 4 is 34.4 Å². The summed E-state index contributed by atoms with van der Waals surface area (Å²) < 4.78 is 18.3. The largest absolute Gasteiger partial charge is 0.497 e. The van der Waals surface area contributed by atoms with E-state index < -0.39 is 11.5 Å². The Morgan fingerprint density at radius 3 is 2.62 bits per heavy atom. The Balaban J connectivity index is 1.27. The molecule has 3 N–H and O–H groups in total. The highest BCUT2D eigenvalue weighted by molar-refractivity contribution is 6.04. The van der Waals surface area contributed by atoms with Gasteiger partial charge in [0, 0.05) is 36.0 Å². The first-order chi connectivity index (χ1) is 19.4. The molecule has 0 unspecified atom stereocenters. The van der Waals surface area contributed by atoms with Crippen LogP contribution in [0.25, 0.3) is 16.6 Å². The van der Waals surface area contributed by atoms with Crippen molar-refractivity contribution in [3.8, 4) is 11.4 Å². The van der Waals surface area contributed by atoms with E-state index in [2.05, 4.69) is 15.3 Å². The third-order valence-corrected chi connectivity index (χ3v) is 7.25. The minimum absolute atomic E-state index is 0.0648. The highest BCUT2D eigenvalue weighted by Gasteiger charge is 2.45. The topological polar surface area (TPSA) is 147 Å². The molecule has 2 saturated heterocycles. The highest BCUT2D eigenvalue weighted by Crippen LogP contribution is 2.35. The van der Waals surface area contributed by atoms with Crippen LogP contribution in [-0.2, 0) is 14.3 Å². The lowest BCUT2D eigenvalue weighted by molar-refractivity contribution is -0.175. The van der Waals surface area contributed by atoms with Gasteiger partial charge in [0.1, 0.15) is 34.7 Å². The fourth-order valence-corrected chi connectivity index (χ4v) is 5.00.